The predicted molar refractivity (Wildman–Crippen MR) is 141 cm³/mol. The van der Waals surface area contributed by atoms with Crippen LogP contribution in [0.25, 0.3) is 22.2 Å². The first kappa shape index (κ1) is 23.0. The van der Waals surface area contributed by atoms with Crippen LogP contribution in [0, 0.1) is 0 Å². The minimum Gasteiger partial charge on any atom is -0.457 e. The maximum absolute atomic E-state index is 12.1. The number of anilines is 2. The zero-order valence-corrected chi connectivity index (χ0v) is 19.8. The lowest BCUT2D eigenvalue weighted by molar-refractivity contribution is 0.0359. The molecule has 0 aliphatic carbocycles. The van der Waals surface area contributed by atoms with Crippen molar-refractivity contribution in [1.29, 1.82) is 0 Å². The van der Waals surface area contributed by atoms with Gasteiger partial charge in [-0.05, 0) is 60.5 Å². The number of ether oxygens (including phenoxy) is 1. The molecule has 3 aromatic heterocycles. The van der Waals surface area contributed by atoms with E-state index in [2.05, 4.69) is 32.9 Å². The molecule has 0 spiro atoms. The minimum atomic E-state index is -0.439. The number of carbonyl (C=O) groups excluding carboxylic acids is 1. The second kappa shape index (κ2) is 10.2. The Labute approximate surface area is 210 Å². The Hall–Kier alpha value is -4.76. The normalized spacial score (nSPS) is 10.8. The summed E-state index contributed by atoms with van der Waals surface area (Å²) in [5.74, 6) is 1.33. The molecule has 2 N–H and O–H groups in total. The number of imidazole rings is 1. The topological polar surface area (TPSA) is 103 Å². The maximum Gasteiger partial charge on any atom is 0.293 e. The van der Waals surface area contributed by atoms with Gasteiger partial charge >= 0.3 is 0 Å². The van der Waals surface area contributed by atoms with Gasteiger partial charge in [0, 0.05) is 46.3 Å². The van der Waals surface area contributed by atoms with Crippen molar-refractivity contribution >= 4 is 28.6 Å². The lowest BCUT2D eigenvalue weighted by Crippen LogP contribution is -2.24. The van der Waals surface area contributed by atoms with E-state index in [1.807, 2.05) is 54.1 Å². The lowest BCUT2D eigenvalue weighted by Gasteiger charge is -2.09. The van der Waals surface area contributed by atoms with E-state index in [0.717, 1.165) is 27.8 Å². The first-order chi connectivity index (χ1) is 17.6. The zero-order chi connectivity index (χ0) is 24.9. The van der Waals surface area contributed by atoms with Gasteiger partial charge in [-0.15, -0.1) is 0 Å². The Morgan fingerprint density at radius 3 is 2.64 bits per heavy atom. The van der Waals surface area contributed by atoms with Crippen LogP contribution in [0.3, 0.4) is 0 Å². The first-order valence-corrected chi connectivity index (χ1v) is 11.4. The maximum atomic E-state index is 12.1. The van der Waals surface area contributed by atoms with Crippen LogP contribution in [0.4, 0.5) is 11.6 Å². The molecular formula is C27H28N6O3. The Morgan fingerprint density at radius 2 is 1.81 bits per heavy atom. The molecule has 36 heavy (non-hydrogen) atoms. The molecule has 9 heteroatoms. The molecule has 0 bridgehead atoms. The number of nitrogens with zero attached hydrogens (tertiary/aromatic N) is 4. The number of hydroxylamine groups is 1. The van der Waals surface area contributed by atoms with Gasteiger partial charge in [0.1, 0.15) is 17.2 Å². The second-order valence-electron chi connectivity index (χ2n) is 7.93. The highest BCUT2D eigenvalue weighted by Crippen LogP contribution is 2.29. The average molecular weight is 485 g/mol. The van der Waals surface area contributed by atoms with E-state index >= 15 is 0 Å². The van der Waals surface area contributed by atoms with Gasteiger partial charge in [0.25, 0.3) is 5.91 Å². The fourth-order valence-corrected chi connectivity index (χ4v) is 3.73. The third-order valence-corrected chi connectivity index (χ3v) is 5.49. The fraction of sp³-hybridized carbons (Fsp3) is 0.111. The van der Waals surface area contributed by atoms with Gasteiger partial charge in [0.2, 0.25) is 5.95 Å². The number of carbonyl (C=O) groups is 1. The third kappa shape index (κ3) is 5.01. The molecular weight excluding hydrogens is 456 g/mol. The fourth-order valence-electron chi connectivity index (χ4n) is 3.73. The molecule has 0 aliphatic heterocycles. The average Bonchev–Trinajstić information content (AvgIpc) is 3.22. The lowest BCUT2D eigenvalue weighted by atomic mass is 10.1. The number of aromatic nitrogens is 4. The van der Waals surface area contributed by atoms with Crippen molar-refractivity contribution in [3.05, 3.63) is 91.0 Å². The zero-order valence-electron chi connectivity index (χ0n) is 19.8. The SMILES string of the molecule is CCONC(=O)c1cc(Oc2ccc3c(c2)nc(Nc2cccc(-c4ccncc4)c2)n3C)ccn1.[HH].[HH]. The van der Waals surface area contributed by atoms with E-state index in [1.165, 1.54) is 6.20 Å². The summed E-state index contributed by atoms with van der Waals surface area (Å²) < 4.78 is 7.97. The molecule has 2 aromatic carbocycles. The molecule has 184 valence electrons. The Balaban J connectivity index is 0.00000200. The molecule has 0 unspecified atom stereocenters. The van der Waals surface area contributed by atoms with E-state index in [0.29, 0.717) is 24.1 Å². The number of hydrogen-bond acceptors (Lipinski definition) is 7. The molecule has 1 amide bonds. The van der Waals surface area contributed by atoms with Crippen LogP contribution in [-0.4, -0.2) is 32.0 Å². The van der Waals surface area contributed by atoms with Gasteiger partial charge in [-0.1, -0.05) is 12.1 Å². The van der Waals surface area contributed by atoms with E-state index in [4.69, 9.17) is 14.6 Å². The summed E-state index contributed by atoms with van der Waals surface area (Å²) in [6.45, 7) is 2.14. The van der Waals surface area contributed by atoms with Gasteiger partial charge < -0.3 is 14.6 Å². The number of amides is 1. The van der Waals surface area contributed by atoms with E-state index in [9.17, 15) is 4.79 Å². The molecule has 0 saturated heterocycles. The highest BCUT2D eigenvalue weighted by Gasteiger charge is 2.12. The summed E-state index contributed by atoms with van der Waals surface area (Å²) in [5, 5.41) is 3.41. The van der Waals surface area contributed by atoms with Crippen LogP contribution in [-0.2, 0) is 11.9 Å². The monoisotopic (exact) mass is 484 g/mol. The summed E-state index contributed by atoms with van der Waals surface area (Å²) in [6.07, 6.45) is 5.07. The van der Waals surface area contributed by atoms with Crippen LogP contribution < -0.4 is 15.5 Å². The van der Waals surface area contributed by atoms with Gasteiger partial charge in [-0.3, -0.25) is 19.6 Å². The van der Waals surface area contributed by atoms with Crippen molar-refractivity contribution in [2.45, 2.75) is 6.92 Å². The van der Waals surface area contributed by atoms with Gasteiger partial charge in [0.05, 0.1) is 17.6 Å². The van der Waals surface area contributed by atoms with Crippen molar-refractivity contribution in [2.75, 3.05) is 11.9 Å². The highest BCUT2D eigenvalue weighted by molar-refractivity contribution is 5.91. The Bertz CT molecular complexity index is 1530. The van der Waals surface area contributed by atoms with Crippen molar-refractivity contribution < 1.29 is 17.2 Å². The predicted octanol–water partition coefficient (Wildman–Crippen LogP) is 5.74. The summed E-state index contributed by atoms with van der Waals surface area (Å²) in [7, 11) is 1.96. The van der Waals surface area contributed by atoms with Crippen LogP contribution in [0.15, 0.2) is 85.3 Å². The van der Waals surface area contributed by atoms with E-state index in [1.54, 1.807) is 31.5 Å². The van der Waals surface area contributed by atoms with E-state index < -0.39 is 5.91 Å². The van der Waals surface area contributed by atoms with Gasteiger partial charge in [0.15, 0.2) is 0 Å². The van der Waals surface area contributed by atoms with Gasteiger partial charge in [-0.25, -0.2) is 10.5 Å². The molecule has 0 radical (unpaired) electrons. The van der Waals surface area contributed by atoms with E-state index in [-0.39, 0.29) is 8.55 Å². The third-order valence-electron chi connectivity index (χ3n) is 5.49. The standard InChI is InChI=1S/C27H24N6O3.2H2/c1-3-35-32-26(34)24-17-22(11-14-29-24)36-21-7-8-25-23(16-21)31-27(33(25)2)30-20-6-4-5-19(15-20)18-9-12-28-13-10-18;;/h4-17H,3H2,1-2H3,(H,30,31)(H,32,34);2*1H. The Kier molecular flexibility index (Phi) is 6.55. The number of fused-ring (bicyclic) bond motifs is 1. The van der Waals surface area contributed by atoms with Crippen molar-refractivity contribution in [2.24, 2.45) is 7.05 Å². The summed E-state index contributed by atoms with van der Waals surface area (Å²) in [6, 6.07) is 21.0. The smallest absolute Gasteiger partial charge is 0.293 e. The first-order valence-electron chi connectivity index (χ1n) is 11.4. The molecule has 3 heterocycles. The minimum absolute atomic E-state index is 0. The highest BCUT2D eigenvalue weighted by atomic mass is 16.6. The molecule has 0 aliphatic rings. The second-order valence-corrected chi connectivity index (χ2v) is 7.93. The molecule has 0 fully saturated rings. The van der Waals surface area contributed by atoms with Crippen LogP contribution in [0.2, 0.25) is 0 Å². The molecule has 5 aromatic rings. The Morgan fingerprint density at radius 1 is 0.972 bits per heavy atom. The largest absolute Gasteiger partial charge is 0.457 e. The molecule has 0 saturated carbocycles. The number of hydrogen-bond donors (Lipinski definition) is 2. The summed E-state index contributed by atoms with van der Waals surface area (Å²) in [4.78, 5) is 30.0. The van der Waals surface area contributed by atoms with Gasteiger partial charge in [-0.2, -0.15) is 0 Å². The van der Waals surface area contributed by atoms with Crippen LogP contribution in [0.5, 0.6) is 11.5 Å². The molecule has 0 atom stereocenters. The number of aryl methyl sites for hydroxylation is 1. The number of nitrogens with one attached hydrogen (secondary N) is 2. The van der Waals surface area contributed by atoms with Crippen LogP contribution in [0.1, 0.15) is 20.3 Å². The summed E-state index contributed by atoms with van der Waals surface area (Å²) >= 11 is 0. The van der Waals surface area contributed by atoms with Crippen molar-refractivity contribution in [1.82, 2.24) is 25.0 Å². The van der Waals surface area contributed by atoms with Crippen LogP contribution >= 0.6 is 0 Å². The molecule has 9 nitrogen and oxygen atoms in total. The number of pyridine rings is 2. The molecule has 5 rings (SSSR count). The quantitative estimate of drug-likeness (QED) is 0.271. The number of benzene rings is 2. The summed E-state index contributed by atoms with van der Waals surface area (Å²) in [5.41, 5.74) is 7.34. The number of rotatable bonds is 8. The van der Waals surface area contributed by atoms with Crippen molar-refractivity contribution in [3.63, 3.8) is 0 Å². The van der Waals surface area contributed by atoms with Crippen molar-refractivity contribution in [3.8, 4) is 22.6 Å².